The van der Waals surface area contributed by atoms with Gasteiger partial charge >= 0.3 is 0 Å². The first-order valence-electron chi connectivity index (χ1n) is 5.57. The van der Waals surface area contributed by atoms with Crippen LogP contribution in [-0.2, 0) is 16.6 Å². The Morgan fingerprint density at radius 1 is 1.42 bits per heavy atom. The van der Waals surface area contributed by atoms with Gasteiger partial charge in [0.25, 0.3) is 0 Å². The lowest BCUT2D eigenvalue weighted by Gasteiger charge is -2.16. The molecule has 0 bridgehead atoms. The van der Waals surface area contributed by atoms with Crippen LogP contribution in [-0.4, -0.2) is 19.8 Å². The number of hydrogen-bond donors (Lipinski definition) is 0. The van der Waals surface area contributed by atoms with Gasteiger partial charge in [0, 0.05) is 24.0 Å². The van der Waals surface area contributed by atoms with Crippen molar-refractivity contribution < 1.29 is 12.8 Å². The third kappa shape index (κ3) is 2.94. The molecule has 4 nitrogen and oxygen atoms in total. The lowest BCUT2D eigenvalue weighted by molar-refractivity contribution is 0.459. The maximum atomic E-state index is 12.5. The molecule has 0 fully saturated rings. The maximum Gasteiger partial charge on any atom is 0.244 e. The second kappa shape index (κ2) is 5.40. The molecule has 0 aromatic carbocycles. The molecule has 19 heavy (non-hydrogen) atoms. The molecule has 2 aromatic heterocycles. The lowest BCUT2D eigenvalue weighted by Crippen LogP contribution is -2.26. The van der Waals surface area contributed by atoms with E-state index in [1.165, 1.54) is 15.6 Å². The molecule has 0 aliphatic heterocycles. The van der Waals surface area contributed by atoms with Gasteiger partial charge in [0.05, 0.1) is 14.9 Å². The molecule has 0 saturated heterocycles. The normalized spacial score (nSPS) is 12.3. The molecule has 104 valence electrons. The third-order valence-corrected chi connectivity index (χ3v) is 6.50. The number of aryl methyl sites for hydroxylation is 2. The number of furan rings is 1. The highest BCUT2D eigenvalue weighted by molar-refractivity contribution is 9.11. The van der Waals surface area contributed by atoms with Crippen molar-refractivity contribution in [3.8, 4) is 0 Å². The molecule has 2 rings (SSSR count). The first-order valence-corrected chi connectivity index (χ1v) is 8.62. The summed E-state index contributed by atoms with van der Waals surface area (Å²) in [5.74, 6) is 0.741. The van der Waals surface area contributed by atoms with E-state index in [9.17, 15) is 8.42 Å². The van der Waals surface area contributed by atoms with E-state index in [1.54, 1.807) is 32.4 Å². The summed E-state index contributed by atoms with van der Waals surface area (Å²) in [4.78, 5) is 1.13. The number of nitrogens with zero attached hydrogens (tertiary/aromatic N) is 1. The second-order valence-electron chi connectivity index (χ2n) is 4.23. The van der Waals surface area contributed by atoms with Crippen molar-refractivity contribution in [3.05, 3.63) is 38.4 Å². The highest BCUT2D eigenvalue weighted by Crippen LogP contribution is 2.31. The van der Waals surface area contributed by atoms with Crippen molar-refractivity contribution in [2.75, 3.05) is 7.05 Å². The predicted octanol–water partition coefficient (Wildman–Crippen LogP) is 3.54. The summed E-state index contributed by atoms with van der Waals surface area (Å²) in [5.41, 5.74) is 0.873. The molecule has 2 aromatic rings. The minimum Gasteiger partial charge on any atom is -0.469 e. The minimum atomic E-state index is -3.47. The van der Waals surface area contributed by atoms with E-state index in [1.807, 2.05) is 6.92 Å². The van der Waals surface area contributed by atoms with Crippen molar-refractivity contribution in [2.45, 2.75) is 25.3 Å². The van der Waals surface area contributed by atoms with Gasteiger partial charge in [-0.1, -0.05) is 0 Å². The largest absolute Gasteiger partial charge is 0.469 e. The molecule has 0 unspecified atom stereocenters. The van der Waals surface area contributed by atoms with Gasteiger partial charge in [0.1, 0.15) is 5.76 Å². The van der Waals surface area contributed by atoms with E-state index in [4.69, 9.17) is 4.42 Å². The molecule has 0 saturated carbocycles. The van der Waals surface area contributed by atoms with Crippen LogP contribution in [0.4, 0.5) is 0 Å². The van der Waals surface area contributed by atoms with Crippen LogP contribution in [0.5, 0.6) is 0 Å². The molecule has 0 atom stereocenters. The van der Waals surface area contributed by atoms with E-state index >= 15 is 0 Å². The summed E-state index contributed by atoms with van der Waals surface area (Å²) >= 11 is 4.73. The van der Waals surface area contributed by atoms with Crippen LogP contribution in [0.3, 0.4) is 0 Å². The Kier molecular flexibility index (Phi) is 4.20. The van der Waals surface area contributed by atoms with Crippen LogP contribution in [0.2, 0.25) is 0 Å². The van der Waals surface area contributed by atoms with Crippen LogP contribution < -0.4 is 0 Å². The fourth-order valence-electron chi connectivity index (χ4n) is 1.75. The lowest BCUT2D eigenvalue weighted by atomic mass is 10.3. The van der Waals surface area contributed by atoms with E-state index in [0.29, 0.717) is 11.4 Å². The van der Waals surface area contributed by atoms with Crippen molar-refractivity contribution in [1.29, 1.82) is 0 Å². The molecule has 0 radical (unpaired) electrons. The smallest absolute Gasteiger partial charge is 0.244 e. The van der Waals surface area contributed by atoms with E-state index in [-0.39, 0.29) is 0 Å². The zero-order valence-corrected chi connectivity index (χ0v) is 14.0. The number of sulfonamides is 1. The second-order valence-corrected chi connectivity index (χ2v) is 8.88. The van der Waals surface area contributed by atoms with Gasteiger partial charge in [-0.05, 0) is 41.9 Å². The average Bonchev–Trinajstić information content (AvgIpc) is 2.86. The van der Waals surface area contributed by atoms with E-state index < -0.39 is 10.0 Å². The maximum absolute atomic E-state index is 12.5. The number of thiophene rings is 1. The monoisotopic (exact) mass is 363 g/mol. The van der Waals surface area contributed by atoms with Crippen molar-refractivity contribution in [2.24, 2.45) is 0 Å². The summed E-state index contributed by atoms with van der Waals surface area (Å²) in [5, 5.41) is 0. The zero-order valence-electron chi connectivity index (χ0n) is 10.8. The molecule has 0 aliphatic carbocycles. The SMILES string of the molecule is Cc1occc1CN(C)S(=O)(=O)c1cc(Br)sc1C. The highest BCUT2D eigenvalue weighted by atomic mass is 79.9. The highest BCUT2D eigenvalue weighted by Gasteiger charge is 2.25. The quantitative estimate of drug-likeness (QED) is 0.834. The molecule has 2 heterocycles. The molecular weight excluding hydrogens is 350 g/mol. The van der Waals surface area contributed by atoms with Gasteiger partial charge in [-0.3, -0.25) is 0 Å². The van der Waals surface area contributed by atoms with E-state index in [2.05, 4.69) is 15.9 Å². The Morgan fingerprint density at radius 3 is 2.58 bits per heavy atom. The van der Waals surface area contributed by atoms with Crippen molar-refractivity contribution >= 4 is 37.3 Å². The molecule has 0 aliphatic rings. The van der Waals surface area contributed by atoms with Crippen LogP contribution in [0.15, 0.2) is 31.5 Å². The molecule has 0 N–H and O–H groups in total. The van der Waals surface area contributed by atoms with Gasteiger partial charge < -0.3 is 4.42 Å². The first kappa shape index (κ1) is 14.8. The topological polar surface area (TPSA) is 50.5 Å². The summed E-state index contributed by atoms with van der Waals surface area (Å²) in [7, 11) is -1.89. The fourth-order valence-corrected chi connectivity index (χ4v) is 5.28. The zero-order chi connectivity index (χ0) is 14.2. The van der Waals surface area contributed by atoms with Gasteiger partial charge in [0.15, 0.2) is 0 Å². The van der Waals surface area contributed by atoms with Gasteiger partial charge in [0.2, 0.25) is 10.0 Å². The Balaban J connectivity index is 2.30. The van der Waals surface area contributed by atoms with Crippen LogP contribution in [0.1, 0.15) is 16.2 Å². The predicted molar refractivity (Wildman–Crippen MR) is 78.9 cm³/mol. The third-order valence-electron chi connectivity index (χ3n) is 2.89. The Labute approximate surface area is 125 Å². The van der Waals surface area contributed by atoms with Gasteiger partial charge in [-0.25, -0.2) is 8.42 Å². The van der Waals surface area contributed by atoms with Gasteiger partial charge in [-0.2, -0.15) is 4.31 Å². The number of hydrogen-bond acceptors (Lipinski definition) is 4. The Bertz CT molecular complexity index is 688. The summed E-state index contributed by atoms with van der Waals surface area (Å²) in [6, 6.07) is 3.44. The Hall–Kier alpha value is -0.630. The standard InChI is InChI=1S/C12H14BrNO3S2/c1-8-10(4-5-17-8)7-14(3)19(15,16)11-6-12(13)18-9(11)2/h4-6H,7H2,1-3H3. The first-order chi connectivity index (χ1) is 8.82. The fraction of sp³-hybridized carbons (Fsp3) is 0.333. The Morgan fingerprint density at radius 2 is 2.11 bits per heavy atom. The minimum absolute atomic E-state index is 0.303. The summed E-state index contributed by atoms with van der Waals surface area (Å²) < 4.78 is 32.3. The molecule has 0 spiro atoms. The van der Waals surface area contributed by atoms with Crippen LogP contribution in [0, 0.1) is 13.8 Å². The van der Waals surface area contributed by atoms with Crippen LogP contribution >= 0.6 is 27.3 Å². The van der Waals surface area contributed by atoms with Crippen LogP contribution in [0.25, 0.3) is 0 Å². The molecular formula is C12H14BrNO3S2. The molecule has 0 amide bonds. The average molecular weight is 364 g/mol. The summed E-state index contributed by atoms with van der Waals surface area (Å²) in [6.45, 7) is 3.93. The van der Waals surface area contributed by atoms with Crippen molar-refractivity contribution in [3.63, 3.8) is 0 Å². The number of halogens is 1. The number of rotatable bonds is 4. The molecule has 7 heteroatoms. The van der Waals surface area contributed by atoms with Gasteiger partial charge in [-0.15, -0.1) is 11.3 Å². The van der Waals surface area contributed by atoms with E-state index in [0.717, 1.165) is 20.0 Å². The summed E-state index contributed by atoms with van der Waals surface area (Å²) in [6.07, 6.45) is 1.57. The van der Waals surface area contributed by atoms with Crippen molar-refractivity contribution in [1.82, 2.24) is 4.31 Å².